The highest BCUT2D eigenvalue weighted by molar-refractivity contribution is 7.90. The molecule has 1 aromatic heterocycles. The number of fused-ring (bicyclic) bond motifs is 1. The second-order valence-corrected chi connectivity index (χ2v) is 9.00. The van der Waals surface area contributed by atoms with Gasteiger partial charge in [-0.25, -0.2) is 18.4 Å². The molecule has 4 aromatic rings. The first kappa shape index (κ1) is 22.3. The van der Waals surface area contributed by atoms with E-state index in [1.807, 2.05) is 5.48 Å². The Morgan fingerprint density at radius 1 is 0.848 bits per heavy atom. The summed E-state index contributed by atoms with van der Waals surface area (Å²) in [5, 5.41) is 9.12. The number of hydrogen-bond acceptors (Lipinski definition) is 9. The average molecular weight is 468 g/mol. The molecule has 1 heterocycles. The highest BCUT2D eigenvalue weighted by atomic mass is 32.2. The molecule has 0 unspecified atom stereocenters. The fourth-order valence-electron chi connectivity index (χ4n) is 3.17. The molecule has 4 rings (SSSR count). The number of benzene rings is 3. The van der Waals surface area contributed by atoms with Gasteiger partial charge in [0.25, 0.3) is 0 Å². The molecule has 33 heavy (non-hydrogen) atoms. The van der Waals surface area contributed by atoms with Gasteiger partial charge in [-0.1, -0.05) is 18.2 Å². The van der Waals surface area contributed by atoms with Crippen LogP contribution in [0.15, 0.2) is 71.6 Å². The van der Waals surface area contributed by atoms with Gasteiger partial charge in [0.05, 0.1) is 35.8 Å². The molecule has 0 amide bonds. The van der Waals surface area contributed by atoms with Gasteiger partial charge in [0, 0.05) is 18.2 Å². The van der Waals surface area contributed by atoms with E-state index in [0.29, 0.717) is 28.3 Å². The molecule has 0 aliphatic carbocycles. The van der Waals surface area contributed by atoms with E-state index in [2.05, 4.69) is 9.97 Å². The summed E-state index contributed by atoms with van der Waals surface area (Å²) in [6.07, 6.45) is 0. The van der Waals surface area contributed by atoms with Crippen LogP contribution in [0.2, 0.25) is 0 Å². The molecule has 0 atom stereocenters. The summed E-state index contributed by atoms with van der Waals surface area (Å²) in [4.78, 5) is 9.04. The lowest BCUT2D eigenvalue weighted by Gasteiger charge is -2.13. The Balaban J connectivity index is 1.78. The molecule has 0 radical (unpaired) electrons. The number of hydrogen-bond donors (Lipinski definition) is 2. The highest BCUT2D eigenvalue weighted by Crippen LogP contribution is 2.33. The molecule has 0 aliphatic heterocycles. The Morgan fingerprint density at radius 2 is 1.48 bits per heavy atom. The number of ether oxygens (including phenoxy) is 3. The van der Waals surface area contributed by atoms with Gasteiger partial charge in [0.2, 0.25) is 5.88 Å². The monoisotopic (exact) mass is 467 g/mol. The van der Waals surface area contributed by atoms with Crippen LogP contribution in [0.4, 0.5) is 5.69 Å². The highest BCUT2D eigenvalue weighted by Gasteiger charge is 2.22. The van der Waals surface area contributed by atoms with Crippen molar-refractivity contribution >= 4 is 26.6 Å². The fraction of sp³-hybridized carbons (Fsp3) is 0.130. The van der Waals surface area contributed by atoms with Crippen LogP contribution < -0.4 is 19.7 Å². The zero-order chi connectivity index (χ0) is 23.4. The SMILES string of the molecule is COc1cc(OC)cc(Oc2nc3ccccc3nc2CS(=O)(=O)c2cccc(NO)c2)c1. The summed E-state index contributed by atoms with van der Waals surface area (Å²) in [7, 11) is -0.807. The second-order valence-electron chi connectivity index (χ2n) is 7.01. The third kappa shape index (κ3) is 4.97. The molecule has 170 valence electrons. The number of anilines is 1. The van der Waals surface area contributed by atoms with E-state index in [0.717, 1.165) is 0 Å². The Kier molecular flexibility index (Phi) is 6.29. The van der Waals surface area contributed by atoms with E-state index < -0.39 is 15.6 Å². The molecule has 0 fully saturated rings. The number of methoxy groups -OCH3 is 2. The first-order valence-electron chi connectivity index (χ1n) is 9.81. The Bertz CT molecular complexity index is 1390. The van der Waals surface area contributed by atoms with Gasteiger partial charge in [-0.05, 0) is 30.3 Å². The van der Waals surface area contributed by atoms with E-state index in [4.69, 9.17) is 19.4 Å². The zero-order valence-corrected chi connectivity index (χ0v) is 18.7. The summed E-state index contributed by atoms with van der Waals surface area (Å²) in [5.41, 5.74) is 3.42. The Labute approximate surface area is 190 Å². The van der Waals surface area contributed by atoms with Crippen molar-refractivity contribution in [3.63, 3.8) is 0 Å². The first-order valence-corrected chi connectivity index (χ1v) is 11.5. The number of aromatic nitrogens is 2. The van der Waals surface area contributed by atoms with Crippen molar-refractivity contribution in [2.75, 3.05) is 19.7 Å². The van der Waals surface area contributed by atoms with E-state index in [1.54, 1.807) is 48.5 Å². The maximum Gasteiger partial charge on any atom is 0.242 e. The van der Waals surface area contributed by atoms with E-state index in [9.17, 15) is 8.42 Å². The predicted molar refractivity (Wildman–Crippen MR) is 122 cm³/mol. The van der Waals surface area contributed by atoms with Crippen molar-refractivity contribution in [1.29, 1.82) is 0 Å². The van der Waals surface area contributed by atoms with Gasteiger partial charge < -0.3 is 14.2 Å². The summed E-state index contributed by atoms with van der Waals surface area (Å²) in [6, 6.07) is 17.9. The molecule has 0 aliphatic rings. The second kappa shape index (κ2) is 9.31. The van der Waals surface area contributed by atoms with Crippen molar-refractivity contribution < 1.29 is 27.8 Å². The van der Waals surface area contributed by atoms with Crippen LogP contribution in [-0.4, -0.2) is 37.8 Å². The fourth-order valence-corrected chi connectivity index (χ4v) is 4.48. The maximum atomic E-state index is 13.1. The first-order chi connectivity index (χ1) is 15.9. The predicted octanol–water partition coefficient (Wildman–Crippen LogP) is 4.21. The van der Waals surface area contributed by atoms with Crippen LogP contribution in [0.5, 0.6) is 23.1 Å². The number of sulfone groups is 1. The lowest BCUT2D eigenvalue weighted by atomic mass is 10.3. The molecule has 9 nitrogen and oxygen atoms in total. The molecule has 10 heteroatoms. The summed E-state index contributed by atoms with van der Waals surface area (Å²) >= 11 is 0. The minimum atomic E-state index is -3.84. The third-order valence-electron chi connectivity index (χ3n) is 4.79. The lowest BCUT2D eigenvalue weighted by molar-refractivity contribution is 0.384. The molecule has 3 aromatic carbocycles. The normalized spacial score (nSPS) is 11.2. The van der Waals surface area contributed by atoms with Crippen molar-refractivity contribution in [2.45, 2.75) is 10.6 Å². The van der Waals surface area contributed by atoms with Gasteiger partial charge in [0.1, 0.15) is 28.7 Å². The number of nitrogens with zero attached hydrogens (tertiary/aromatic N) is 2. The zero-order valence-electron chi connectivity index (χ0n) is 17.8. The quantitative estimate of drug-likeness (QED) is 0.367. The van der Waals surface area contributed by atoms with Gasteiger partial charge in [-0.15, -0.1) is 0 Å². The minimum Gasteiger partial charge on any atom is -0.496 e. The molecular weight excluding hydrogens is 446 g/mol. The lowest BCUT2D eigenvalue weighted by Crippen LogP contribution is -2.09. The number of rotatable bonds is 8. The van der Waals surface area contributed by atoms with E-state index in [1.165, 1.54) is 32.4 Å². The smallest absolute Gasteiger partial charge is 0.242 e. The molecular formula is C23H21N3O6S. The number of para-hydroxylation sites is 2. The van der Waals surface area contributed by atoms with E-state index >= 15 is 0 Å². The van der Waals surface area contributed by atoms with Crippen molar-refractivity contribution in [1.82, 2.24) is 9.97 Å². The molecule has 0 bridgehead atoms. The Morgan fingerprint density at radius 3 is 2.12 bits per heavy atom. The average Bonchev–Trinajstić information content (AvgIpc) is 2.84. The largest absolute Gasteiger partial charge is 0.496 e. The Hall–Kier alpha value is -3.89. The van der Waals surface area contributed by atoms with Crippen molar-refractivity contribution in [3.8, 4) is 23.1 Å². The van der Waals surface area contributed by atoms with Crippen molar-refractivity contribution in [3.05, 3.63) is 72.4 Å². The maximum absolute atomic E-state index is 13.1. The summed E-state index contributed by atoms with van der Waals surface area (Å²) in [6.45, 7) is 0. The van der Waals surface area contributed by atoms with Crippen LogP contribution >= 0.6 is 0 Å². The van der Waals surface area contributed by atoms with Gasteiger partial charge in [-0.3, -0.25) is 10.7 Å². The molecule has 0 saturated carbocycles. The van der Waals surface area contributed by atoms with Crippen molar-refractivity contribution in [2.24, 2.45) is 0 Å². The van der Waals surface area contributed by atoms with Gasteiger partial charge in [0.15, 0.2) is 9.84 Å². The van der Waals surface area contributed by atoms with Gasteiger partial charge >= 0.3 is 0 Å². The van der Waals surface area contributed by atoms with Crippen LogP contribution in [-0.2, 0) is 15.6 Å². The van der Waals surface area contributed by atoms with E-state index in [-0.39, 0.29) is 22.2 Å². The minimum absolute atomic E-state index is 0.0190. The third-order valence-corrected chi connectivity index (χ3v) is 6.42. The molecule has 0 spiro atoms. The van der Waals surface area contributed by atoms with Crippen LogP contribution in [0.1, 0.15) is 5.69 Å². The number of nitrogens with one attached hydrogen (secondary N) is 1. The van der Waals surface area contributed by atoms with Crippen LogP contribution in [0, 0.1) is 0 Å². The van der Waals surface area contributed by atoms with Crippen LogP contribution in [0.3, 0.4) is 0 Å². The topological polar surface area (TPSA) is 120 Å². The summed E-state index contributed by atoms with van der Waals surface area (Å²) < 4.78 is 42.8. The molecule has 0 saturated heterocycles. The standard InChI is InChI=1S/C23H21N3O6S/c1-30-16-11-17(31-2)13-18(12-16)32-23-22(24-20-8-3-4-9-21(20)25-23)14-33(28,29)19-7-5-6-15(10-19)26-27/h3-13,26-27H,14H2,1-2H3. The van der Waals surface area contributed by atoms with Crippen LogP contribution in [0.25, 0.3) is 11.0 Å². The van der Waals surface area contributed by atoms with Gasteiger partial charge in [-0.2, -0.15) is 0 Å². The molecule has 2 N–H and O–H groups in total. The summed E-state index contributed by atoms with van der Waals surface area (Å²) in [5.74, 6) is 0.932.